The number of carbonyl (C=O) groups is 1. The Balaban J connectivity index is 2.42. The Morgan fingerprint density at radius 2 is 1.96 bits per heavy atom. The molecule has 138 valence electrons. The quantitative estimate of drug-likeness (QED) is 0.601. The number of carbonyl (C=O) groups excluding carboxylic acids is 1. The molecule has 0 unspecified atom stereocenters. The molecular formula is C21H27N3O2. The van der Waals surface area contributed by atoms with Gasteiger partial charge in [-0.25, -0.2) is 9.78 Å². The maximum Gasteiger partial charge on any atom is 0.330 e. The molecule has 0 aliphatic carbocycles. The van der Waals surface area contributed by atoms with Crippen molar-refractivity contribution in [1.82, 2.24) is 4.98 Å². The van der Waals surface area contributed by atoms with Crippen LogP contribution in [0.15, 0.2) is 48.5 Å². The van der Waals surface area contributed by atoms with Gasteiger partial charge in [-0.15, -0.1) is 0 Å². The third-order valence-corrected chi connectivity index (χ3v) is 4.15. The van der Waals surface area contributed by atoms with Crippen LogP contribution in [0, 0.1) is 0 Å². The van der Waals surface area contributed by atoms with Crippen LogP contribution in [0.1, 0.15) is 38.4 Å². The molecule has 2 rings (SSSR count). The zero-order valence-corrected chi connectivity index (χ0v) is 15.9. The Hall–Kier alpha value is -2.82. The summed E-state index contributed by atoms with van der Waals surface area (Å²) in [4.78, 5) is 18.6. The standard InChI is InChI=1S/C21H27N3O2/c1-5-17(11-21(25)26-4)19-12-18(22)13-20(23-19)24(15(2)3)14-16-9-7-6-8-10-16/h6-13,15H,5,14H2,1-4H3,(H2,22,23)/b17-11-. The van der Waals surface area contributed by atoms with Gasteiger partial charge in [0.2, 0.25) is 0 Å². The Kier molecular flexibility index (Phi) is 6.78. The topological polar surface area (TPSA) is 68.5 Å². The summed E-state index contributed by atoms with van der Waals surface area (Å²) in [5.74, 6) is 0.403. The van der Waals surface area contributed by atoms with Crippen molar-refractivity contribution in [3.05, 3.63) is 59.8 Å². The van der Waals surface area contributed by atoms with Crippen molar-refractivity contribution in [3.63, 3.8) is 0 Å². The molecule has 0 atom stereocenters. The first-order chi connectivity index (χ1) is 12.4. The highest BCUT2D eigenvalue weighted by atomic mass is 16.5. The summed E-state index contributed by atoms with van der Waals surface area (Å²) in [5, 5.41) is 0. The molecule has 0 aliphatic heterocycles. The van der Waals surface area contributed by atoms with E-state index in [0.717, 1.165) is 17.9 Å². The van der Waals surface area contributed by atoms with E-state index < -0.39 is 5.97 Å². The van der Waals surface area contributed by atoms with Gasteiger partial charge in [-0.2, -0.15) is 0 Å². The number of hydrogen-bond donors (Lipinski definition) is 1. The highest BCUT2D eigenvalue weighted by Gasteiger charge is 2.15. The average molecular weight is 353 g/mol. The monoisotopic (exact) mass is 353 g/mol. The maximum atomic E-state index is 11.6. The number of allylic oxidation sites excluding steroid dienone is 1. The van der Waals surface area contributed by atoms with Crippen molar-refractivity contribution >= 4 is 23.0 Å². The van der Waals surface area contributed by atoms with Crippen LogP contribution in [-0.2, 0) is 16.1 Å². The van der Waals surface area contributed by atoms with Crippen molar-refractivity contribution in [3.8, 4) is 0 Å². The summed E-state index contributed by atoms with van der Waals surface area (Å²) in [6.07, 6.45) is 2.13. The van der Waals surface area contributed by atoms with Crippen LogP contribution in [0.3, 0.4) is 0 Å². The summed E-state index contributed by atoms with van der Waals surface area (Å²) in [7, 11) is 1.37. The molecule has 5 heteroatoms. The van der Waals surface area contributed by atoms with Gasteiger partial charge in [-0.3, -0.25) is 0 Å². The third kappa shape index (κ3) is 5.09. The fourth-order valence-corrected chi connectivity index (χ4v) is 2.71. The first-order valence-electron chi connectivity index (χ1n) is 8.81. The Morgan fingerprint density at radius 3 is 2.54 bits per heavy atom. The molecule has 0 fully saturated rings. The van der Waals surface area contributed by atoms with E-state index in [9.17, 15) is 4.79 Å². The zero-order valence-electron chi connectivity index (χ0n) is 15.9. The lowest BCUT2D eigenvalue weighted by Crippen LogP contribution is -2.31. The van der Waals surface area contributed by atoms with E-state index in [0.29, 0.717) is 17.8 Å². The van der Waals surface area contributed by atoms with E-state index in [2.05, 4.69) is 30.9 Å². The second-order valence-electron chi connectivity index (χ2n) is 6.40. The largest absolute Gasteiger partial charge is 0.466 e. The molecule has 0 radical (unpaired) electrons. The molecule has 26 heavy (non-hydrogen) atoms. The zero-order chi connectivity index (χ0) is 19.1. The van der Waals surface area contributed by atoms with E-state index in [4.69, 9.17) is 15.5 Å². The summed E-state index contributed by atoms with van der Waals surface area (Å²) >= 11 is 0. The summed E-state index contributed by atoms with van der Waals surface area (Å²) in [6.45, 7) is 6.96. The van der Waals surface area contributed by atoms with Gasteiger partial charge in [-0.05, 0) is 37.5 Å². The predicted octanol–water partition coefficient (Wildman–Crippen LogP) is 4.05. The van der Waals surface area contributed by atoms with E-state index in [1.165, 1.54) is 18.7 Å². The normalized spacial score (nSPS) is 11.5. The summed E-state index contributed by atoms with van der Waals surface area (Å²) in [5.41, 5.74) is 9.46. The molecule has 1 aromatic carbocycles. The summed E-state index contributed by atoms with van der Waals surface area (Å²) < 4.78 is 4.74. The fourth-order valence-electron chi connectivity index (χ4n) is 2.71. The SMILES string of the molecule is CC/C(=C/C(=O)OC)c1cc(N)cc(N(Cc2ccccc2)C(C)C)n1. The lowest BCUT2D eigenvalue weighted by atomic mass is 10.1. The predicted molar refractivity (Wildman–Crippen MR) is 107 cm³/mol. The average Bonchev–Trinajstić information content (AvgIpc) is 2.63. The van der Waals surface area contributed by atoms with E-state index >= 15 is 0 Å². The number of nitrogens with two attached hydrogens (primary N) is 1. The minimum atomic E-state index is -0.391. The van der Waals surface area contributed by atoms with Crippen LogP contribution in [0.5, 0.6) is 0 Å². The number of nitrogen functional groups attached to an aromatic ring is 1. The van der Waals surface area contributed by atoms with Crippen LogP contribution >= 0.6 is 0 Å². The van der Waals surface area contributed by atoms with Crippen LogP contribution in [0.25, 0.3) is 5.57 Å². The molecule has 5 nitrogen and oxygen atoms in total. The second-order valence-corrected chi connectivity index (χ2v) is 6.40. The van der Waals surface area contributed by atoms with Crippen LogP contribution in [0.2, 0.25) is 0 Å². The van der Waals surface area contributed by atoms with Gasteiger partial charge in [0.25, 0.3) is 0 Å². The molecule has 0 spiro atoms. The third-order valence-electron chi connectivity index (χ3n) is 4.15. The molecule has 0 amide bonds. The van der Waals surface area contributed by atoms with Crippen molar-refractivity contribution in [2.45, 2.75) is 39.8 Å². The molecule has 0 saturated carbocycles. The number of esters is 1. The molecule has 0 saturated heterocycles. The van der Waals surface area contributed by atoms with Crippen LogP contribution in [0.4, 0.5) is 11.5 Å². The van der Waals surface area contributed by atoms with Gasteiger partial charge >= 0.3 is 5.97 Å². The smallest absolute Gasteiger partial charge is 0.330 e. The first-order valence-corrected chi connectivity index (χ1v) is 8.81. The lowest BCUT2D eigenvalue weighted by Gasteiger charge is -2.29. The number of aromatic nitrogens is 1. The Labute approximate surface area is 155 Å². The Bertz CT molecular complexity index is 770. The van der Waals surface area contributed by atoms with Crippen molar-refractivity contribution in [2.75, 3.05) is 17.7 Å². The van der Waals surface area contributed by atoms with Crippen molar-refractivity contribution in [2.24, 2.45) is 0 Å². The molecule has 0 aliphatic rings. The molecule has 1 aromatic heterocycles. The highest BCUT2D eigenvalue weighted by molar-refractivity contribution is 5.91. The first kappa shape index (κ1) is 19.5. The molecule has 0 bridgehead atoms. The van der Waals surface area contributed by atoms with Gasteiger partial charge in [0, 0.05) is 30.4 Å². The van der Waals surface area contributed by atoms with Gasteiger partial charge in [0.1, 0.15) is 5.82 Å². The van der Waals surface area contributed by atoms with Crippen molar-refractivity contribution < 1.29 is 9.53 Å². The van der Waals surface area contributed by atoms with E-state index in [1.54, 1.807) is 6.07 Å². The van der Waals surface area contributed by atoms with Crippen molar-refractivity contribution in [1.29, 1.82) is 0 Å². The number of methoxy groups -OCH3 is 1. The number of ether oxygens (including phenoxy) is 1. The molecule has 2 aromatic rings. The van der Waals surface area contributed by atoms with Gasteiger partial charge in [0.15, 0.2) is 0 Å². The van der Waals surface area contributed by atoms with Crippen LogP contribution < -0.4 is 10.6 Å². The number of nitrogens with zero attached hydrogens (tertiary/aromatic N) is 2. The highest BCUT2D eigenvalue weighted by Crippen LogP contribution is 2.26. The van der Waals surface area contributed by atoms with Crippen LogP contribution in [-0.4, -0.2) is 24.1 Å². The maximum absolute atomic E-state index is 11.6. The number of hydrogen-bond acceptors (Lipinski definition) is 5. The number of anilines is 2. The summed E-state index contributed by atoms with van der Waals surface area (Å²) in [6, 6.07) is 14.2. The van der Waals surface area contributed by atoms with Gasteiger partial charge < -0.3 is 15.4 Å². The molecule has 1 heterocycles. The van der Waals surface area contributed by atoms with Gasteiger partial charge in [0.05, 0.1) is 12.8 Å². The van der Waals surface area contributed by atoms with E-state index in [1.807, 2.05) is 31.2 Å². The minimum Gasteiger partial charge on any atom is -0.466 e. The molecular weight excluding hydrogens is 326 g/mol. The lowest BCUT2D eigenvalue weighted by molar-refractivity contribution is -0.134. The van der Waals surface area contributed by atoms with E-state index in [-0.39, 0.29) is 6.04 Å². The Morgan fingerprint density at radius 1 is 1.27 bits per heavy atom. The number of benzene rings is 1. The minimum absolute atomic E-state index is 0.243. The number of rotatable bonds is 7. The van der Waals surface area contributed by atoms with Gasteiger partial charge in [-0.1, -0.05) is 37.3 Å². The molecule has 2 N–H and O–H groups in total. The fraction of sp³-hybridized carbons (Fsp3) is 0.333. The second kappa shape index (κ2) is 9.04. The number of pyridine rings is 1.